The van der Waals surface area contributed by atoms with Gasteiger partial charge in [-0.2, -0.15) is 0 Å². The Morgan fingerprint density at radius 1 is 1.00 bits per heavy atom. The second kappa shape index (κ2) is 4.93. The molecule has 0 spiro atoms. The van der Waals surface area contributed by atoms with E-state index in [0.717, 1.165) is 10.2 Å². The maximum atomic E-state index is 5.82. The molecule has 3 heteroatoms. The molecule has 0 fully saturated rings. The molecule has 0 aliphatic heterocycles. The monoisotopic (exact) mass is 293 g/mol. The van der Waals surface area contributed by atoms with Crippen molar-refractivity contribution in [3.63, 3.8) is 0 Å². The average Bonchev–Trinajstić information content (AvgIpc) is 2.20. The molecule has 0 saturated carbocycles. The van der Waals surface area contributed by atoms with Crippen molar-refractivity contribution in [2.75, 3.05) is 5.73 Å². The second-order valence-electron chi connectivity index (χ2n) is 3.64. The molecule has 2 aromatic carbocycles. The maximum Gasteiger partial charge on any atom is 0.0328 e. The van der Waals surface area contributed by atoms with Gasteiger partial charge in [-0.05, 0) is 55.0 Å². The lowest BCUT2D eigenvalue weighted by molar-refractivity contribution is 1.35. The zero-order chi connectivity index (χ0) is 11.5. The predicted molar refractivity (Wildman–Crippen MR) is 73.9 cm³/mol. The molecule has 2 rings (SSSR count). The van der Waals surface area contributed by atoms with E-state index in [4.69, 9.17) is 5.73 Å². The number of halogens is 1. The van der Waals surface area contributed by atoms with Gasteiger partial charge in [-0.3, -0.25) is 0 Å². The fourth-order valence-electron chi connectivity index (χ4n) is 1.47. The van der Waals surface area contributed by atoms with Crippen molar-refractivity contribution in [1.29, 1.82) is 0 Å². The molecule has 0 amide bonds. The zero-order valence-electron chi connectivity index (χ0n) is 8.91. The van der Waals surface area contributed by atoms with E-state index >= 15 is 0 Å². The van der Waals surface area contributed by atoms with Crippen LogP contribution in [0.2, 0.25) is 0 Å². The first-order valence-electron chi connectivity index (χ1n) is 4.94. The Balaban J connectivity index is 2.23. The molecular weight excluding hydrogens is 282 g/mol. The molecule has 0 bridgehead atoms. The highest BCUT2D eigenvalue weighted by molar-refractivity contribution is 9.10. The quantitative estimate of drug-likeness (QED) is 0.826. The number of anilines is 1. The lowest BCUT2D eigenvalue weighted by Crippen LogP contribution is -1.86. The third kappa shape index (κ3) is 3.03. The van der Waals surface area contributed by atoms with Gasteiger partial charge in [0.15, 0.2) is 0 Å². The van der Waals surface area contributed by atoms with Crippen LogP contribution in [0, 0.1) is 6.92 Å². The summed E-state index contributed by atoms with van der Waals surface area (Å²) in [5.41, 5.74) is 7.83. The van der Waals surface area contributed by atoms with E-state index in [-0.39, 0.29) is 0 Å². The van der Waals surface area contributed by atoms with Gasteiger partial charge in [-0.15, -0.1) is 0 Å². The zero-order valence-corrected chi connectivity index (χ0v) is 11.3. The van der Waals surface area contributed by atoms with Crippen molar-refractivity contribution in [3.8, 4) is 0 Å². The van der Waals surface area contributed by atoms with E-state index in [1.807, 2.05) is 24.3 Å². The molecule has 0 unspecified atom stereocenters. The van der Waals surface area contributed by atoms with Crippen molar-refractivity contribution in [2.45, 2.75) is 16.7 Å². The van der Waals surface area contributed by atoms with Gasteiger partial charge < -0.3 is 5.73 Å². The van der Waals surface area contributed by atoms with Gasteiger partial charge in [0.1, 0.15) is 0 Å². The first-order valence-corrected chi connectivity index (χ1v) is 6.55. The van der Waals surface area contributed by atoms with E-state index in [9.17, 15) is 0 Å². The van der Waals surface area contributed by atoms with Gasteiger partial charge in [-0.25, -0.2) is 0 Å². The lowest BCUT2D eigenvalue weighted by Gasteiger charge is -2.04. The summed E-state index contributed by atoms with van der Waals surface area (Å²) in [5, 5.41) is 0. The van der Waals surface area contributed by atoms with Gasteiger partial charge in [-0.1, -0.05) is 27.7 Å². The van der Waals surface area contributed by atoms with Crippen LogP contribution in [0.4, 0.5) is 5.69 Å². The minimum Gasteiger partial charge on any atom is -0.399 e. The molecule has 0 aliphatic carbocycles. The Morgan fingerprint density at radius 3 is 2.31 bits per heavy atom. The molecule has 82 valence electrons. The van der Waals surface area contributed by atoms with Crippen LogP contribution in [-0.2, 0) is 0 Å². The fourth-order valence-corrected chi connectivity index (χ4v) is 2.72. The summed E-state index contributed by atoms with van der Waals surface area (Å²) in [6.45, 7) is 2.06. The molecule has 16 heavy (non-hydrogen) atoms. The van der Waals surface area contributed by atoms with E-state index in [1.165, 1.54) is 15.4 Å². The van der Waals surface area contributed by atoms with Crippen LogP contribution < -0.4 is 5.73 Å². The van der Waals surface area contributed by atoms with Gasteiger partial charge in [0.2, 0.25) is 0 Å². The molecule has 1 nitrogen and oxygen atoms in total. The SMILES string of the molecule is Cc1cc(N)cc(Sc2ccc(Br)cc2)c1. The number of benzene rings is 2. The van der Waals surface area contributed by atoms with Crippen molar-refractivity contribution >= 4 is 33.4 Å². The summed E-state index contributed by atoms with van der Waals surface area (Å²) in [7, 11) is 0. The minimum absolute atomic E-state index is 0.819. The number of hydrogen-bond donors (Lipinski definition) is 1. The van der Waals surface area contributed by atoms with Crippen molar-refractivity contribution in [1.82, 2.24) is 0 Å². The molecule has 0 radical (unpaired) electrons. The average molecular weight is 294 g/mol. The summed E-state index contributed by atoms with van der Waals surface area (Å²) in [4.78, 5) is 2.40. The Bertz CT molecular complexity index is 474. The van der Waals surface area contributed by atoms with Crippen LogP contribution in [0.5, 0.6) is 0 Å². The highest BCUT2D eigenvalue weighted by Crippen LogP contribution is 2.30. The molecule has 0 heterocycles. The van der Waals surface area contributed by atoms with Crippen LogP contribution in [-0.4, -0.2) is 0 Å². The molecular formula is C13H12BrNS. The fraction of sp³-hybridized carbons (Fsp3) is 0.0769. The molecule has 2 aromatic rings. The van der Waals surface area contributed by atoms with Gasteiger partial charge in [0.25, 0.3) is 0 Å². The van der Waals surface area contributed by atoms with Crippen LogP contribution in [0.25, 0.3) is 0 Å². The smallest absolute Gasteiger partial charge is 0.0328 e. The molecule has 0 saturated heterocycles. The van der Waals surface area contributed by atoms with E-state index in [1.54, 1.807) is 11.8 Å². The van der Waals surface area contributed by atoms with Crippen LogP contribution in [0.3, 0.4) is 0 Å². The molecule has 0 atom stereocenters. The summed E-state index contributed by atoms with van der Waals surface area (Å²) in [6, 6.07) is 14.4. The standard InChI is InChI=1S/C13H12BrNS/c1-9-6-11(15)8-13(7-9)16-12-4-2-10(14)3-5-12/h2-8H,15H2,1H3. The van der Waals surface area contributed by atoms with Crippen molar-refractivity contribution in [2.24, 2.45) is 0 Å². The number of rotatable bonds is 2. The largest absolute Gasteiger partial charge is 0.399 e. The van der Waals surface area contributed by atoms with Crippen LogP contribution in [0.15, 0.2) is 56.7 Å². The van der Waals surface area contributed by atoms with Crippen molar-refractivity contribution < 1.29 is 0 Å². The van der Waals surface area contributed by atoms with Gasteiger partial charge in [0, 0.05) is 20.0 Å². The van der Waals surface area contributed by atoms with E-state index < -0.39 is 0 Å². The Kier molecular flexibility index (Phi) is 3.56. The second-order valence-corrected chi connectivity index (χ2v) is 5.70. The highest BCUT2D eigenvalue weighted by atomic mass is 79.9. The first kappa shape index (κ1) is 11.6. The number of hydrogen-bond acceptors (Lipinski definition) is 2. The summed E-state index contributed by atoms with van der Waals surface area (Å²) in [6.07, 6.45) is 0. The van der Waals surface area contributed by atoms with Crippen LogP contribution in [0.1, 0.15) is 5.56 Å². The normalized spacial score (nSPS) is 10.4. The Labute approximate surface area is 108 Å². The molecule has 0 aromatic heterocycles. The van der Waals surface area contributed by atoms with Gasteiger partial charge in [0.05, 0.1) is 0 Å². The molecule has 0 aliphatic rings. The maximum absolute atomic E-state index is 5.82. The van der Waals surface area contributed by atoms with Crippen LogP contribution >= 0.6 is 27.7 Å². The minimum atomic E-state index is 0.819. The van der Waals surface area contributed by atoms with E-state index in [2.05, 4.69) is 41.1 Å². The summed E-state index contributed by atoms with van der Waals surface area (Å²) in [5.74, 6) is 0. The van der Waals surface area contributed by atoms with E-state index in [0.29, 0.717) is 0 Å². The molecule has 2 N–H and O–H groups in total. The van der Waals surface area contributed by atoms with Gasteiger partial charge >= 0.3 is 0 Å². The number of nitrogens with two attached hydrogens (primary N) is 1. The predicted octanol–water partition coefficient (Wildman–Crippen LogP) is 4.49. The summed E-state index contributed by atoms with van der Waals surface area (Å²) >= 11 is 5.15. The first-order chi connectivity index (χ1) is 7.63. The third-order valence-electron chi connectivity index (χ3n) is 2.12. The van der Waals surface area contributed by atoms with Crippen molar-refractivity contribution in [3.05, 3.63) is 52.5 Å². The Morgan fingerprint density at radius 2 is 1.69 bits per heavy atom. The third-order valence-corrected chi connectivity index (χ3v) is 3.63. The highest BCUT2D eigenvalue weighted by Gasteiger charge is 1.99. The number of nitrogen functional groups attached to an aromatic ring is 1. The lowest BCUT2D eigenvalue weighted by atomic mass is 10.2. The topological polar surface area (TPSA) is 26.0 Å². The summed E-state index contributed by atoms with van der Waals surface area (Å²) < 4.78 is 1.10. The number of aryl methyl sites for hydroxylation is 1. The Hall–Kier alpha value is -0.930.